The van der Waals surface area contributed by atoms with Gasteiger partial charge in [0.05, 0.1) is 5.41 Å². The Hall–Kier alpha value is -2.95. The maximum atomic E-state index is 12.7. The Labute approximate surface area is 159 Å². The SMILES string of the molecule is O=C(NCC1(CNC(=O)c2ccccc2)CCCCC1=O)c1ccccc1. The molecular weight excluding hydrogens is 340 g/mol. The van der Waals surface area contributed by atoms with Crippen molar-refractivity contribution in [1.82, 2.24) is 10.6 Å². The maximum Gasteiger partial charge on any atom is 0.251 e. The van der Waals surface area contributed by atoms with Gasteiger partial charge >= 0.3 is 0 Å². The molecular formula is C22H24N2O3. The highest BCUT2D eigenvalue weighted by Crippen LogP contribution is 2.32. The first-order valence-electron chi connectivity index (χ1n) is 9.31. The van der Waals surface area contributed by atoms with Crippen LogP contribution in [0.1, 0.15) is 46.4 Å². The van der Waals surface area contributed by atoms with Crippen LogP contribution in [0.4, 0.5) is 0 Å². The van der Waals surface area contributed by atoms with Crippen LogP contribution in [0.25, 0.3) is 0 Å². The average Bonchev–Trinajstić information content (AvgIpc) is 2.73. The molecule has 1 fully saturated rings. The molecule has 2 aromatic rings. The first-order valence-corrected chi connectivity index (χ1v) is 9.31. The summed E-state index contributed by atoms with van der Waals surface area (Å²) in [6, 6.07) is 17.9. The quantitative estimate of drug-likeness (QED) is 0.827. The highest BCUT2D eigenvalue weighted by Gasteiger charge is 2.40. The molecule has 2 N–H and O–H groups in total. The highest BCUT2D eigenvalue weighted by molar-refractivity contribution is 5.96. The summed E-state index contributed by atoms with van der Waals surface area (Å²) >= 11 is 0. The molecule has 5 nitrogen and oxygen atoms in total. The molecule has 0 unspecified atom stereocenters. The standard InChI is InChI=1S/C22H24N2O3/c25-19-13-7-8-14-22(19,15-23-20(26)17-9-3-1-4-10-17)16-24-21(27)18-11-5-2-6-12-18/h1-6,9-12H,7-8,13-16H2,(H,23,26)(H,24,27). The zero-order chi connectivity index (χ0) is 19.1. The molecule has 0 aromatic heterocycles. The van der Waals surface area contributed by atoms with Gasteiger partial charge in [0.25, 0.3) is 11.8 Å². The summed E-state index contributed by atoms with van der Waals surface area (Å²) in [7, 11) is 0. The Morgan fingerprint density at radius 3 is 1.70 bits per heavy atom. The molecule has 0 aliphatic heterocycles. The number of ketones is 1. The van der Waals surface area contributed by atoms with Crippen molar-refractivity contribution < 1.29 is 14.4 Å². The molecule has 2 amide bonds. The molecule has 0 heterocycles. The molecule has 140 valence electrons. The molecule has 0 saturated heterocycles. The fourth-order valence-electron chi connectivity index (χ4n) is 3.47. The third-order valence-electron chi connectivity index (χ3n) is 5.15. The molecule has 0 atom stereocenters. The van der Waals surface area contributed by atoms with E-state index in [4.69, 9.17) is 0 Å². The number of rotatable bonds is 6. The van der Waals surface area contributed by atoms with E-state index >= 15 is 0 Å². The maximum absolute atomic E-state index is 12.7. The zero-order valence-corrected chi connectivity index (χ0v) is 15.2. The number of nitrogens with one attached hydrogen (secondary N) is 2. The Balaban J connectivity index is 1.67. The van der Waals surface area contributed by atoms with E-state index in [2.05, 4.69) is 10.6 Å². The lowest BCUT2D eigenvalue weighted by atomic mass is 9.72. The minimum absolute atomic E-state index is 0.107. The third-order valence-corrected chi connectivity index (χ3v) is 5.15. The average molecular weight is 364 g/mol. The van der Waals surface area contributed by atoms with Crippen LogP contribution in [0.15, 0.2) is 60.7 Å². The molecule has 1 aliphatic rings. The molecule has 2 aromatic carbocycles. The van der Waals surface area contributed by atoms with Gasteiger partial charge in [-0.05, 0) is 37.1 Å². The van der Waals surface area contributed by atoms with E-state index < -0.39 is 5.41 Å². The van der Waals surface area contributed by atoms with Crippen LogP contribution < -0.4 is 10.6 Å². The first-order chi connectivity index (χ1) is 13.1. The number of hydrogen-bond donors (Lipinski definition) is 2. The number of carbonyl (C=O) groups excluding carboxylic acids is 3. The topological polar surface area (TPSA) is 75.3 Å². The van der Waals surface area contributed by atoms with Crippen LogP contribution >= 0.6 is 0 Å². The van der Waals surface area contributed by atoms with Crippen molar-refractivity contribution in [2.75, 3.05) is 13.1 Å². The number of benzene rings is 2. The lowest BCUT2D eigenvalue weighted by Gasteiger charge is -2.36. The van der Waals surface area contributed by atoms with Gasteiger partial charge in [-0.25, -0.2) is 0 Å². The first kappa shape index (κ1) is 18.8. The van der Waals surface area contributed by atoms with Crippen molar-refractivity contribution in [3.63, 3.8) is 0 Å². The van der Waals surface area contributed by atoms with Crippen molar-refractivity contribution in [3.8, 4) is 0 Å². The van der Waals surface area contributed by atoms with Crippen molar-refractivity contribution in [2.45, 2.75) is 25.7 Å². The largest absolute Gasteiger partial charge is 0.351 e. The van der Waals surface area contributed by atoms with Crippen molar-refractivity contribution in [3.05, 3.63) is 71.8 Å². The second kappa shape index (κ2) is 8.62. The Morgan fingerprint density at radius 2 is 1.26 bits per heavy atom. The van der Waals surface area contributed by atoms with E-state index in [1.807, 2.05) is 12.1 Å². The van der Waals surface area contributed by atoms with E-state index in [0.717, 1.165) is 12.8 Å². The molecule has 0 bridgehead atoms. The molecule has 0 spiro atoms. The second-order valence-electron chi connectivity index (χ2n) is 7.01. The summed E-state index contributed by atoms with van der Waals surface area (Å²) in [6.45, 7) is 0.462. The van der Waals surface area contributed by atoms with Gasteiger partial charge in [0.1, 0.15) is 5.78 Å². The monoisotopic (exact) mass is 364 g/mol. The van der Waals surface area contributed by atoms with Crippen LogP contribution in [0, 0.1) is 5.41 Å². The summed E-state index contributed by atoms with van der Waals surface area (Å²) in [5, 5.41) is 5.78. The Bertz CT molecular complexity index is 747. The van der Waals surface area contributed by atoms with E-state index in [1.165, 1.54) is 0 Å². The predicted molar refractivity (Wildman–Crippen MR) is 103 cm³/mol. The molecule has 1 saturated carbocycles. The van der Waals surface area contributed by atoms with Crippen molar-refractivity contribution in [1.29, 1.82) is 0 Å². The molecule has 0 radical (unpaired) electrons. The minimum atomic E-state index is -0.743. The van der Waals surface area contributed by atoms with Gasteiger partial charge in [-0.2, -0.15) is 0 Å². The third kappa shape index (κ3) is 4.61. The number of amides is 2. The van der Waals surface area contributed by atoms with E-state index in [1.54, 1.807) is 48.5 Å². The summed E-state index contributed by atoms with van der Waals surface area (Å²) in [6.07, 6.45) is 2.92. The summed E-state index contributed by atoms with van der Waals surface area (Å²) in [4.78, 5) is 37.5. The number of Topliss-reactive ketones (excluding diaryl/α,β-unsaturated/α-hetero) is 1. The predicted octanol–water partition coefficient (Wildman–Crippen LogP) is 2.98. The van der Waals surface area contributed by atoms with Crippen LogP contribution in [-0.4, -0.2) is 30.7 Å². The van der Waals surface area contributed by atoms with Gasteiger partial charge in [0.15, 0.2) is 0 Å². The van der Waals surface area contributed by atoms with Gasteiger partial charge in [-0.1, -0.05) is 42.8 Å². The Kier molecular flexibility index (Phi) is 6.01. The summed E-state index contributed by atoms with van der Waals surface area (Å²) in [5.74, 6) is -0.305. The van der Waals surface area contributed by atoms with Gasteiger partial charge in [-0.3, -0.25) is 14.4 Å². The summed E-state index contributed by atoms with van der Waals surface area (Å²) in [5.41, 5.74) is 0.376. The van der Waals surface area contributed by atoms with Crippen molar-refractivity contribution in [2.24, 2.45) is 5.41 Å². The van der Waals surface area contributed by atoms with Crippen LogP contribution in [0.5, 0.6) is 0 Å². The van der Waals surface area contributed by atoms with Gasteiger partial charge in [0.2, 0.25) is 0 Å². The van der Waals surface area contributed by atoms with Gasteiger partial charge in [0, 0.05) is 30.6 Å². The fourth-order valence-corrected chi connectivity index (χ4v) is 3.47. The number of carbonyl (C=O) groups is 3. The smallest absolute Gasteiger partial charge is 0.251 e. The molecule has 27 heavy (non-hydrogen) atoms. The molecule has 3 rings (SSSR count). The highest BCUT2D eigenvalue weighted by atomic mass is 16.2. The van der Waals surface area contributed by atoms with Crippen LogP contribution in [-0.2, 0) is 4.79 Å². The van der Waals surface area contributed by atoms with E-state index in [9.17, 15) is 14.4 Å². The second-order valence-corrected chi connectivity index (χ2v) is 7.01. The van der Waals surface area contributed by atoms with Gasteiger partial charge < -0.3 is 10.6 Å². The lowest BCUT2D eigenvalue weighted by molar-refractivity contribution is -0.130. The lowest BCUT2D eigenvalue weighted by Crippen LogP contribution is -2.51. The Morgan fingerprint density at radius 1 is 0.778 bits per heavy atom. The van der Waals surface area contributed by atoms with Crippen LogP contribution in [0.2, 0.25) is 0 Å². The van der Waals surface area contributed by atoms with E-state index in [-0.39, 0.29) is 30.7 Å². The molecule has 1 aliphatic carbocycles. The summed E-state index contributed by atoms with van der Waals surface area (Å²) < 4.78 is 0. The van der Waals surface area contributed by atoms with E-state index in [0.29, 0.717) is 24.0 Å². The van der Waals surface area contributed by atoms with Crippen molar-refractivity contribution >= 4 is 17.6 Å². The molecule has 5 heteroatoms. The normalized spacial score (nSPS) is 15.8. The fraction of sp³-hybridized carbons (Fsp3) is 0.318. The zero-order valence-electron chi connectivity index (χ0n) is 15.2. The van der Waals surface area contributed by atoms with Gasteiger partial charge in [-0.15, -0.1) is 0 Å². The van der Waals surface area contributed by atoms with Crippen LogP contribution in [0.3, 0.4) is 0 Å². The minimum Gasteiger partial charge on any atom is -0.351 e. The number of hydrogen-bond acceptors (Lipinski definition) is 3.